The Balaban J connectivity index is 2.09. The fraction of sp³-hybridized carbons (Fsp3) is 0.231. The van der Waals surface area contributed by atoms with E-state index in [1.807, 2.05) is 24.3 Å². The number of hydrogen-bond donors (Lipinski definition) is 1. The van der Waals surface area contributed by atoms with Gasteiger partial charge in [-0.15, -0.1) is 11.3 Å². The van der Waals surface area contributed by atoms with Crippen molar-refractivity contribution in [3.05, 3.63) is 50.6 Å². The second-order valence-electron chi connectivity index (χ2n) is 3.80. The Hall–Kier alpha value is -0.840. The van der Waals surface area contributed by atoms with E-state index in [1.54, 1.807) is 18.4 Å². The van der Waals surface area contributed by atoms with Gasteiger partial charge in [0.25, 0.3) is 0 Å². The third-order valence-electron chi connectivity index (χ3n) is 2.55. The van der Waals surface area contributed by atoms with Gasteiger partial charge < -0.3 is 10.5 Å². The predicted molar refractivity (Wildman–Crippen MR) is 75.6 cm³/mol. The number of methoxy groups -OCH3 is 1. The molecule has 0 bridgehead atoms. The van der Waals surface area contributed by atoms with Gasteiger partial charge in [0, 0.05) is 10.9 Å². The quantitative estimate of drug-likeness (QED) is 0.933. The molecule has 2 rings (SSSR count). The molecule has 4 heteroatoms. The van der Waals surface area contributed by atoms with Crippen LogP contribution in [0, 0.1) is 0 Å². The van der Waals surface area contributed by atoms with Crippen molar-refractivity contribution in [3.8, 4) is 5.75 Å². The van der Waals surface area contributed by atoms with E-state index in [9.17, 15) is 0 Å². The van der Waals surface area contributed by atoms with E-state index in [4.69, 9.17) is 10.5 Å². The van der Waals surface area contributed by atoms with Gasteiger partial charge in [-0.25, -0.2) is 0 Å². The second-order valence-corrected chi connectivity index (χ2v) is 6.30. The first-order valence-electron chi connectivity index (χ1n) is 5.33. The normalized spacial score (nSPS) is 12.4. The van der Waals surface area contributed by atoms with Crippen LogP contribution in [0.5, 0.6) is 5.75 Å². The van der Waals surface area contributed by atoms with Crippen LogP contribution < -0.4 is 10.5 Å². The summed E-state index contributed by atoms with van der Waals surface area (Å²) >= 11 is 5.14. The highest BCUT2D eigenvalue weighted by Gasteiger charge is 2.09. The molecule has 0 radical (unpaired) electrons. The summed E-state index contributed by atoms with van der Waals surface area (Å²) in [6.45, 7) is 0. The average molecular weight is 312 g/mol. The predicted octanol–water partition coefficient (Wildman–Crippen LogP) is 3.76. The van der Waals surface area contributed by atoms with Crippen molar-refractivity contribution in [3.63, 3.8) is 0 Å². The van der Waals surface area contributed by atoms with Crippen LogP contribution in [-0.2, 0) is 6.42 Å². The summed E-state index contributed by atoms with van der Waals surface area (Å²) in [5.74, 6) is 0.877. The Morgan fingerprint density at radius 2 is 2.18 bits per heavy atom. The van der Waals surface area contributed by atoms with E-state index in [0.717, 1.165) is 16.0 Å². The lowest BCUT2D eigenvalue weighted by Gasteiger charge is -2.10. The third-order valence-corrected chi connectivity index (χ3v) is 4.30. The summed E-state index contributed by atoms with van der Waals surface area (Å²) in [5.41, 5.74) is 7.38. The summed E-state index contributed by atoms with van der Waals surface area (Å²) in [6.07, 6.45) is 0.824. The van der Waals surface area contributed by atoms with Crippen LogP contribution >= 0.6 is 27.3 Å². The smallest absolute Gasteiger partial charge is 0.119 e. The lowest BCUT2D eigenvalue weighted by molar-refractivity contribution is 0.414. The highest BCUT2D eigenvalue weighted by Crippen LogP contribution is 2.28. The molecule has 17 heavy (non-hydrogen) atoms. The number of thiophene rings is 1. The van der Waals surface area contributed by atoms with Gasteiger partial charge in [0.15, 0.2) is 0 Å². The molecule has 1 unspecified atom stereocenters. The van der Waals surface area contributed by atoms with Crippen LogP contribution in [0.2, 0.25) is 0 Å². The van der Waals surface area contributed by atoms with Crippen molar-refractivity contribution < 1.29 is 4.74 Å². The molecule has 0 aliphatic rings. The first-order valence-corrected chi connectivity index (χ1v) is 6.93. The van der Waals surface area contributed by atoms with Crippen LogP contribution in [0.25, 0.3) is 0 Å². The molecule has 0 saturated carbocycles. The van der Waals surface area contributed by atoms with Crippen molar-refractivity contribution in [2.75, 3.05) is 7.11 Å². The Kier molecular flexibility index (Phi) is 4.20. The Morgan fingerprint density at radius 1 is 1.35 bits per heavy atom. The molecule has 0 spiro atoms. The molecule has 0 saturated heterocycles. The van der Waals surface area contributed by atoms with Crippen molar-refractivity contribution in [2.24, 2.45) is 5.73 Å². The first kappa shape index (κ1) is 12.6. The van der Waals surface area contributed by atoms with Gasteiger partial charge in [-0.05, 0) is 52.2 Å². The lowest BCUT2D eigenvalue weighted by atomic mass is 10.1. The SMILES string of the molecule is COc1cccc(CC(N)c2ccc(Br)s2)c1. The summed E-state index contributed by atoms with van der Waals surface area (Å²) in [4.78, 5) is 1.19. The molecule has 90 valence electrons. The third kappa shape index (κ3) is 3.31. The summed E-state index contributed by atoms with van der Waals surface area (Å²) in [7, 11) is 1.68. The van der Waals surface area contributed by atoms with E-state index in [0.29, 0.717) is 0 Å². The molecule has 2 N–H and O–H groups in total. The average Bonchev–Trinajstić information content (AvgIpc) is 2.76. The van der Waals surface area contributed by atoms with Crippen LogP contribution in [0.3, 0.4) is 0 Å². The van der Waals surface area contributed by atoms with Gasteiger partial charge in [-0.3, -0.25) is 0 Å². The van der Waals surface area contributed by atoms with Crippen LogP contribution in [0.15, 0.2) is 40.2 Å². The summed E-state index contributed by atoms with van der Waals surface area (Å²) < 4.78 is 6.32. The molecule has 0 fully saturated rings. The zero-order valence-corrected chi connectivity index (χ0v) is 11.9. The highest BCUT2D eigenvalue weighted by atomic mass is 79.9. The molecule has 1 heterocycles. The van der Waals surface area contributed by atoms with Crippen LogP contribution in [-0.4, -0.2) is 7.11 Å². The second kappa shape index (κ2) is 5.67. The zero-order valence-electron chi connectivity index (χ0n) is 9.52. The molecular formula is C13H14BrNOS. The van der Waals surface area contributed by atoms with Gasteiger partial charge in [0.1, 0.15) is 5.75 Å². The van der Waals surface area contributed by atoms with E-state index >= 15 is 0 Å². The first-order chi connectivity index (χ1) is 8.19. The maximum absolute atomic E-state index is 6.18. The van der Waals surface area contributed by atoms with Gasteiger partial charge in [-0.2, -0.15) is 0 Å². The Bertz CT molecular complexity index is 498. The topological polar surface area (TPSA) is 35.2 Å². The minimum Gasteiger partial charge on any atom is -0.497 e. The van der Waals surface area contributed by atoms with E-state index < -0.39 is 0 Å². The molecule has 2 aromatic rings. The minimum absolute atomic E-state index is 0.0402. The fourth-order valence-corrected chi connectivity index (χ4v) is 3.11. The number of halogens is 1. The van der Waals surface area contributed by atoms with Crippen molar-refractivity contribution in [1.82, 2.24) is 0 Å². The number of ether oxygens (including phenoxy) is 1. The Morgan fingerprint density at radius 3 is 2.82 bits per heavy atom. The maximum atomic E-state index is 6.18. The molecule has 2 nitrogen and oxygen atoms in total. The highest BCUT2D eigenvalue weighted by molar-refractivity contribution is 9.11. The van der Waals surface area contributed by atoms with E-state index in [1.165, 1.54) is 10.4 Å². The number of benzene rings is 1. The standard InChI is InChI=1S/C13H14BrNOS/c1-16-10-4-2-3-9(7-10)8-11(15)12-5-6-13(14)17-12/h2-7,11H,8,15H2,1H3. The van der Waals surface area contributed by atoms with Crippen molar-refractivity contribution >= 4 is 27.3 Å². The van der Waals surface area contributed by atoms with Crippen LogP contribution in [0.4, 0.5) is 0 Å². The number of nitrogens with two attached hydrogens (primary N) is 1. The summed E-state index contributed by atoms with van der Waals surface area (Å²) in [5, 5.41) is 0. The lowest BCUT2D eigenvalue weighted by Crippen LogP contribution is -2.11. The minimum atomic E-state index is 0.0402. The molecule has 0 aliphatic carbocycles. The summed E-state index contributed by atoms with van der Waals surface area (Å²) in [6, 6.07) is 12.2. The van der Waals surface area contributed by atoms with Gasteiger partial charge in [0.2, 0.25) is 0 Å². The largest absolute Gasteiger partial charge is 0.497 e. The number of hydrogen-bond acceptors (Lipinski definition) is 3. The van der Waals surface area contributed by atoms with Gasteiger partial charge >= 0.3 is 0 Å². The fourth-order valence-electron chi connectivity index (χ4n) is 1.68. The molecule has 0 amide bonds. The van der Waals surface area contributed by atoms with Crippen molar-refractivity contribution in [2.45, 2.75) is 12.5 Å². The Labute approximate surface area is 114 Å². The zero-order chi connectivity index (χ0) is 12.3. The van der Waals surface area contributed by atoms with E-state index in [-0.39, 0.29) is 6.04 Å². The van der Waals surface area contributed by atoms with Crippen LogP contribution in [0.1, 0.15) is 16.5 Å². The molecule has 1 atom stereocenters. The molecule has 0 aliphatic heterocycles. The molecular weight excluding hydrogens is 298 g/mol. The molecule has 1 aromatic heterocycles. The van der Waals surface area contributed by atoms with Gasteiger partial charge in [0.05, 0.1) is 10.9 Å². The van der Waals surface area contributed by atoms with Gasteiger partial charge in [-0.1, -0.05) is 12.1 Å². The maximum Gasteiger partial charge on any atom is 0.119 e. The molecule has 1 aromatic carbocycles. The number of rotatable bonds is 4. The van der Waals surface area contributed by atoms with Crippen molar-refractivity contribution in [1.29, 1.82) is 0 Å². The monoisotopic (exact) mass is 311 g/mol. The van der Waals surface area contributed by atoms with E-state index in [2.05, 4.69) is 28.1 Å².